The second-order valence-corrected chi connectivity index (χ2v) is 4.32. The van der Waals surface area contributed by atoms with Gasteiger partial charge in [-0.15, -0.1) is 0 Å². The van der Waals surface area contributed by atoms with Gasteiger partial charge < -0.3 is 15.2 Å². The Morgan fingerprint density at radius 3 is 3.06 bits per heavy atom. The third-order valence-corrected chi connectivity index (χ3v) is 2.97. The van der Waals surface area contributed by atoms with Crippen molar-refractivity contribution in [2.45, 2.75) is 38.3 Å². The molecule has 0 amide bonds. The maximum absolute atomic E-state index is 5.61. The van der Waals surface area contributed by atoms with Crippen LogP contribution in [0.5, 0.6) is 5.75 Å². The minimum atomic E-state index is 0.455. The van der Waals surface area contributed by atoms with Gasteiger partial charge in [-0.25, -0.2) is 0 Å². The minimum Gasteiger partial charge on any atom is -0.492 e. The molecule has 4 heteroatoms. The van der Waals surface area contributed by atoms with Crippen LogP contribution in [0, 0.1) is 0 Å². The number of nitrogens with zero attached hydrogens (tertiary/aromatic N) is 1. The Morgan fingerprint density at radius 2 is 2.41 bits per heavy atom. The summed E-state index contributed by atoms with van der Waals surface area (Å²) in [5.74, 6) is 0.814. The number of rotatable bonds is 6. The Labute approximate surface area is 102 Å². The lowest BCUT2D eigenvalue weighted by molar-refractivity contribution is 0.0981. The summed E-state index contributed by atoms with van der Waals surface area (Å²) in [4.78, 5) is 4.18. The number of hydrogen-bond acceptors (Lipinski definition) is 4. The highest BCUT2D eigenvalue weighted by atomic mass is 16.5. The van der Waals surface area contributed by atoms with Gasteiger partial charge in [-0.05, 0) is 37.8 Å². The fourth-order valence-corrected chi connectivity index (χ4v) is 1.99. The highest BCUT2D eigenvalue weighted by Gasteiger charge is 2.14. The Balaban J connectivity index is 1.63. The summed E-state index contributed by atoms with van der Waals surface area (Å²) in [5, 5.41) is 0. The molecule has 0 aliphatic carbocycles. The Morgan fingerprint density at radius 1 is 1.47 bits per heavy atom. The van der Waals surface area contributed by atoms with Gasteiger partial charge >= 0.3 is 0 Å². The molecule has 0 radical (unpaired) electrons. The third-order valence-electron chi connectivity index (χ3n) is 2.97. The van der Waals surface area contributed by atoms with E-state index in [1.807, 2.05) is 12.1 Å². The van der Waals surface area contributed by atoms with Crippen LogP contribution in [0.15, 0.2) is 18.3 Å². The van der Waals surface area contributed by atoms with Gasteiger partial charge in [0.2, 0.25) is 0 Å². The van der Waals surface area contributed by atoms with E-state index in [1.54, 1.807) is 6.20 Å². The van der Waals surface area contributed by atoms with Crippen molar-refractivity contribution >= 4 is 0 Å². The number of ether oxygens (including phenoxy) is 2. The first kappa shape index (κ1) is 12.3. The van der Waals surface area contributed by atoms with E-state index in [0.29, 0.717) is 12.6 Å². The summed E-state index contributed by atoms with van der Waals surface area (Å²) in [7, 11) is 0. The van der Waals surface area contributed by atoms with Crippen molar-refractivity contribution in [2.75, 3.05) is 13.2 Å². The van der Waals surface area contributed by atoms with Crippen molar-refractivity contribution in [1.82, 2.24) is 4.98 Å². The van der Waals surface area contributed by atoms with Crippen LogP contribution in [-0.4, -0.2) is 24.3 Å². The van der Waals surface area contributed by atoms with Crippen LogP contribution in [0.1, 0.15) is 31.4 Å². The molecule has 1 unspecified atom stereocenters. The summed E-state index contributed by atoms with van der Waals surface area (Å²) >= 11 is 0. The average Bonchev–Trinajstić information content (AvgIpc) is 2.88. The molecule has 1 aromatic rings. The summed E-state index contributed by atoms with van der Waals surface area (Å²) < 4.78 is 11.2. The molecular weight excluding hydrogens is 216 g/mol. The smallest absolute Gasteiger partial charge is 0.137 e. The van der Waals surface area contributed by atoms with Crippen molar-refractivity contribution in [3.63, 3.8) is 0 Å². The zero-order chi connectivity index (χ0) is 11.9. The topological polar surface area (TPSA) is 57.4 Å². The predicted molar refractivity (Wildman–Crippen MR) is 65.8 cm³/mol. The van der Waals surface area contributed by atoms with Gasteiger partial charge in [0, 0.05) is 13.2 Å². The molecule has 0 aromatic carbocycles. The number of aromatic nitrogens is 1. The molecule has 94 valence electrons. The molecule has 1 aliphatic rings. The lowest BCUT2D eigenvalue weighted by atomic mass is 10.1. The maximum atomic E-state index is 5.61. The molecule has 1 atom stereocenters. The number of hydrogen-bond donors (Lipinski definition) is 1. The third kappa shape index (κ3) is 3.98. The van der Waals surface area contributed by atoms with Gasteiger partial charge in [-0.1, -0.05) is 0 Å². The molecule has 2 heterocycles. The lowest BCUT2D eigenvalue weighted by Gasteiger charge is -2.10. The standard InChI is InChI=1S/C13H20N2O2/c14-9-11-5-6-13(10-15-11)17-8-2-4-12-3-1-7-16-12/h5-6,10,12H,1-4,7-9,14H2. The van der Waals surface area contributed by atoms with Gasteiger partial charge in [-0.2, -0.15) is 0 Å². The van der Waals surface area contributed by atoms with E-state index in [4.69, 9.17) is 15.2 Å². The average molecular weight is 236 g/mol. The molecule has 0 saturated carbocycles. The van der Waals surface area contributed by atoms with Gasteiger partial charge in [-0.3, -0.25) is 4.98 Å². The molecule has 1 fully saturated rings. The normalized spacial score (nSPS) is 19.5. The summed E-state index contributed by atoms with van der Waals surface area (Å²) in [5.41, 5.74) is 6.36. The van der Waals surface area contributed by atoms with Crippen molar-refractivity contribution in [1.29, 1.82) is 0 Å². The van der Waals surface area contributed by atoms with E-state index in [2.05, 4.69) is 4.98 Å². The number of nitrogens with two attached hydrogens (primary N) is 1. The van der Waals surface area contributed by atoms with E-state index < -0.39 is 0 Å². The molecule has 1 aliphatic heterocycles. The monoisotopic (exact) mass is 236 g/mol. The van der Waals surface area contributed by atoms with Crippen LogP contribution in [0.4, 0.5) is 0 Å². The van der Waals surface area contributed by atoms with E-state index in [0.717, 1.165) is 37.5 Å². The molecule has 0 spiro atoms. The SMILES string of the molecule is NCc1ccc(OCCCC2CCCO2)cn1. The molecule has 1 saturated heterocycles. The second kappa shape index (κ2) is 6.57. The first-order valence-corrected chi connectivity index (χ1v) is 6.28. The van der Waals surface area contributed by atoms with Crippen molar-refractivity contribution < 1.29 is 9.47 Å². The minimum absolute atomic E-state index is 0.455. The summed E-state index contributed by atoms with van der Waals surface area (Å²) in [6.07, 6.45) is 6.71. The Kier molecular flexibility index (Phi) is 4.76. The van der Waals surface area contributed by atoms with Gasteiger partial charge in [0.1, 0.15) is 5.75 Å². The molecule has 17 heavy (non-hydrogen) atoms. The maximum Gasteiger partial charge on any atom is 0.137 e. The predicted octanol–water partition coefficient (Wildman–Crippen LogP) is 1.88. The van der Waals surface area contributed by atoms with Gasteiger partial charge in [0.15, 0.2) is 0 Å². The van der Waals surface area contributed by atoms with Crippen LogP contribution in [0.25, 0.3) is 0 Å². The fourth-order valence-electron chi connectivity index (χ4n) is 1.99. The fraction of sp³-hybridized carbons (Fsp3) is 0.615. The summed E-state index contributed by atoms with van der Waals surface area (Å²) in [6, 6.07) is 3.82. The first-order valence-electron chi connectivity index (χ1n) is 6.28. The quantitative estimate of drug-likeness (QED) is 0.766. The van der Waals surface area contributed by atoms with Crippen LogP contribution in [0.3, 0.4) is 0 Å². The summed E-state index contributed by atoms with van der Waals surface area (Å²) in [6.45, 7) is 2.12. The molecule has 0 bridgehead atoms. The van der Waals surface area contributed by atoms with E-state index in [-0.39, 0.29) is 0 Å². The first-order chi connectivity index (χ1) is 8.38. The highest BCUT2D eigenvalue weighted by molar-refractivity contribution is 5.19. The van der Waals surface area contributed by atoms with Crippen molar-refractivity contribution in [3.05, 3.63) is 24.0 Å². The van der Waals surface area contributed by atoms with Crippen LogP contribution in [0.2, 0.25) is 0 Å². The van der Waals surface area contributed by atoms with Crippen molar-refractivity contribution in [3.8, 4) is 5.75 Å². The van der Waals surface area contributed by atoms with Crippen LogP contribution < -0.4 is 10.5 Å². The Hall–Kier alpha value is -1.13. The van der Waals surface area contributed by atoms with E-state index in [9.17, 15) is 0 Å². The number of pyridine rings is 1. The molecule has 2 N–H and O–H groups in total. The van der Waals surface area contributed by atoms with E-state index in [1.165, 1.54) is 12.8 Å². The molecule has 1 aromatic heterocycles. The van der Waals surface area contributed by atoms with E-state index >= 15 is 0 Å². The lowest BCUT2D eigenvalue weighted by Crippen LogP contribution is -2.08. The molecule has 4 nitrogen and oxygen atoms in total. The zero-order valence-corrected chi connectivity index (χ0v) is 10.1. The van der Waals surface area contributed by atoms with Crippen molar-refractivity contribution in [2.24, 2.45) is 5.73 Å². The van der Waals surface area contributed by atoms with Gasteiger partial charge in [0.25, 0.3) is 0 Å². The highest BCUT2D eigenvalue weighted by Crippen LogP contribution is 2.17. The Bertz CT molecular complexity index is 321. The zero-order valence-electron chi connectivity index (χ0n) is 10.1. The van der Waals surface area contributed by atoms with Gasteiger partial charge in [0.05, 0.1) is 24.6 Å². The largest absolute Gasteiger partial charge is 0.492 e. The van der Waals surface area contributed by atoms with Crippen LogP contribution in [-0.2, 0) is 11.3 Å². The molecule has 2 rings (SSSR count). The second-order valence-electron chi connectivity index (χ2n) is 4.32. The molecular formula is C13H20N2O2. The van der Waals surface area contributed by atoms with Crippen LogP contribution >= 0.6 is 0 Å².